The zero-order valence-electron chi connectivity index (χ0n) is 10.3. The van der Waals surface area contributed by atoms with Crippen LogP contribution in [-0.2, 0) is 13.0 Å². The van der Waals surface area contributed by atoms with Gasteiger partial charge in [0.1, 0.15) is 0 Å². The number of rotatable bonds is 5. The van der Waals surface area contributed by atoms with Gasteiger partial charge in [-0.1, -0.05) is 19.1 Å². The van der Waals surface area contributed by atoms with Crippen LogP contribution in [0, 0.1) is 0 Å². The van der Waals surface area contributed by atoms with E-state index in [-0.39, 0.29) is 24.0 Å². The number of nitrogens with zero attached hydrogens (tertiary/aromatic N) is 1. The van der Waals surface area contributed by atoms with Gasteiger partial charge in [0.05, 0.1) is 6.54 Å². The Bertz CT molecular complexity index is 385. The zero-order chi connectivity index (χ0) is 12.0. The second kappa shape index (κ2) is 8.52. The van der Waals surface area contributed by atoms with Gasteiger partial charge in [-0.3, -0.25) is 0 Å². The van der Waals surface area contributed by atoms with Crippen LogP contribution >= 0.6 is 35.3 Å². The first-order valence-electron chi connectivity index (χ1n) is 5.37. The molecule has 1 aromatic heterocycles. The van der Waals surface area contributed by atoms with Crippen molar-refractivity contribution in [2.75, 3.05) is 6.54 Å². The fourth-order valence-corrected chi connectivity index (χ4v) is 2.04. The van der Waals surface area contributed by atoms with Crippen LogP contribution in [0.2, 0.25) is 0 Å². The molecule has 17 heavy (non-hydrogen) atoms. The summed E-state index contributed by atoms with van der Waals surface area (Å²) in [5, 5.41) is 3.01. The lowest BCUT2D eigenvalue weighted by atomic mass is 10.3. The van der Waals surface area contributed by atoms with Gasteiger partial charge in [0.2, 0.25) is 0 Å². The van der Waals surface area contributed by atoms with Gasteiger partial charge in [-0.25, -0.2) is 4.99 Å². The second-order valence-corrected chi connectivity index (χ2v) is 4.99. The summed E-state index contributed by atoms with van der Waals surface area (Å²) in [6, 6.07) is 4.26. The van der Waals surface area contributed by atoms with Crippen molar-refractivity contribution in [3.63, 3.8) is 0 Å². The van der Waals surface area contributed by atoms with Crippen molar-refractivity contribution in [1.29, 1.82) is 0 Å². The van der Waals surface area contributed by atoms with E-state index in [0.29, 0.717) is 19.0 Å². The number of thiophene rings is 1. The van der Waals surface area contributed by atoms with E-state index in [2.05, 4.69) is 35.9 Å². The molecular formula is C12H20IN3S. The minimum atomic E-state index is 0. The average molecular weight is 365 g/mol. The van der Waals surface area contributed by atoms with E-state index in [4.69, 9.17) is 5.73 Å². The summed E-state index contributed by atoms with van der Waals surface area (Å²) in [5.74, 6) is 0.481. The van der Waals surface area contributed by atoms with Crippen LogP contribution in [0.3, 0.4) is 0 Å². The van der Waals surface area contributed by atoms with Crippen LogP contribution in [0.1, 0.15) is 23.6 Å². The molecule has 5 heteroatoms. The predicted octanol–water partition coefficient (Wildman–Crippen LogP) is 2.91. The molecule has 1 heterocycles. The Hall–Kier alpha value is -0.560. The molecule has 0 saturated carbocycles. The minimum Gasteiger partial charge on any atom is -0.370 e. The zero-order valence-corrected chi connectivity index (χ0v) is 13.5. The van der Waals surface area contributed by atoms with Gasteiger partial charge in [0, 0.05) is 16.3 Å². The first-order chi connectivity index (χ1) is 7.61. The number of hydrogen-bond acceptors (Lipinski definition) is 2. The third kappa shape index (κ3) is 6.68. The maximum Gasteiger partial charge on any atom is 0.189 e. The maximum absolute atomic E-state index is 5.71. The molecule has 0 aliphatic carbocycles. The first kappa shape index (κ1) is 16.4. The molecule has 1 rings (SSSR count). The van der Waals surface area contributed by atoms with Crippen molar-refractivity contribution in [3.8, 4) is 0 Å². The highest BCUT2D eigenvalue weighted by Crippen LogP contribution is 2.17. The standard InChI is InChI=1S/C12H19N3S.HI/c1-4-10-5-6-11(16-10)8-15-12(13)14-7-9(2)3;/h5-6H,2,4,7-8H2,1,3H3,(H3,13,14,15);1H. The average Bonchev–Trinajstić information content (AvgIpc) is 2.71. The van der Waals surface area contributed by atoms with Crippen molar-refractivity contribution in [2.45, 2.75) is 26.8 Å². The van der Waals surface area contributed by atoms with Gasteiger partial charge in [0.15, 0.2) is 5.96 Å². The molecule has 1 aromatic rings. The molecule has 0 radical (unpaired) electrons. The normalized spacial score (nSPS) is 10.8. The van der Waals surface area contributed by atoms with Gasteiger partial charge < -0.3 is 11.1 Å². The third-order valence-corrected chi connectivity index (χ3v) is 3.26. The molecule has 0 aromatic carbocycles. The predicted molar refractivity (Wildman–Crippen MR) is 87.3 cm³/mol. The molecular weight excluding hydrogens is 345 g/mol. The molecule has 0 atom stereocenters. The molecule has 0 fully saturated rings. The minimum absolute atomic E-state index is 0. The SMILES string of the molecule is C=C(C)CNC(N)=NCc1ccc(CC)s1.I. The second-order valence-electron chi connectivity index (χ2n) is 3.73. The molecule has 96 valence electrons. The smallest absolute Gasteiger partial charge is 0.189 e. The quantitative estimate of drug-likeness (QED) is 0.365. The van der Waals surface area contributed by atoms with Gasteiger partial charge >= 0.3 is 0 Å². The largest absolute Gasteiger partial charge is 0.370 e. The van der Waals surface area contributed by atoms with E-state index in [9.17, 15) is 0 Å². The highest BCUT2D eigenvalue weighted by atomic mass is 127. The van der Waals surface area contributed by atoms with Crippen LogP contribution in [0.5, 0.6) is 0 Å². The number of guanidine groups is 1. The van der Waals surface area contributed by atoms with Gasteiger partial charge in [-0.15, -0.1) is 35.3 Å². The van der Waals surface area contributed by atoms with E-state index in [1.54, 1.807) is 11.3 Å². The molecule has 0 aliphatic rings. The maximum atomic E-state index is 5.71. The highest BCUT2D eigenvalue weighted by Gasteiger charge is 1.98. The lowest BCUT2D eigenvalue weighted by Crippen LogP contribution is -2.32. The highest BCUT2D eigenvalue weighted by molar-refractivity contribution is 14.0. The summed E-state index contributed by atoms with van der Waals surface area (Å²) < 4.78 is 0. The van der Waals surface area contributed by atoms with Gasteiger partial charge in [-0.05, 0) is 25.5 Å². The van der Waals surface area contributed by atoms with Crippen LogP contribution in [0.15, 0.2) is 29.3 Å². The molecule has 0 unspecified atom stereocenters. The van der Waals surface area contributed by atoms with Crippen LogP contribution in [0.4, 0.5) is 0 Å². The molecule has 0 aliphatic heterocycles. The van der Waals surface area contributed by atoms with Crippen molar-refractivity contribution in [3.05, 3.63) is 34.0 Å². The fourth-order valence-electron chi connectivity index (χ4n) is 1.16. The Morgan fingerprint density at radius 3 is 2.65 bits per heavy atom. The summed E-state index contributed by atoms with van der Waals surface area (Å²) in [7, 11) is 0. The number of nitrogens with two attached hydrogens (primary N) is 1. The number of halogens is 1. The number of aliphatic imine (C=N–C) groups is 1. The monoisotopic (exact) mass is 365 g/mol. The number of aryl methyl sites for hydroxylation is 1. The molecule has 0 saturated heterocycles. The van der Waals surface area contributed by atoms with Crippen molar-refractivity contribution >= 4 is 41.3 Å². The summed E-state index contributed by atoms with van der Waals surface area (Å²) in [6.07, 6.45) is 1.08. The van der Waals surface area contributed by atoms with Crippen molar-refractivity contribution < 1.29 is 0 Å². The molecule has 0 bridgehead atoms. The number of nitrogens with one attached hydrogen (secondary N) is 1. The first-order valence-corrected chi connectivity index (χ1v) is 6.19. The Kier molecular flexibility index (Phi) is 8.24. The summed E-state index contributed by atoms with van der Waals surface area (Å²) in [6.45, 7) is 9.23. The Morgan fingerprint density at radius 2 is 2.12 bits per heavy atom. The molecule has 3 N–H and O–H groups in total. The molecule has 0 amide bonds. The summed E-state index contributed by atoms with van der Waals surface area (Å²) >= 11 is 1.79. The molecule has 3 nitrogen and oxygen atoms in total. The van der Waals surface area contributed by atoms with Crippen molar-refractivity contribution in [2.24, 2.45) is 10.7 Å². The lowest BCUT2D eigenvalue weighted by molar-refractivity contribution is 0.945. The van der Waals surface area contributed by atoms with Crippen LogP contribution in [-0.4, -0.2) is 12.5 Å². The summed E-state index contributed by atoms with van der Waals surface area (Å²) in [4.78, 5) is 6.90. The van der Waals surface area contributed by atoms with E-state index in [0.717, 1.165) is 12.0 Å². The summed E-state index contributed by atoms with van der Waals surface area (Å²) in [5.41, 5.74) is 6.76. The Morgan fingerprint density at radius 1 is 1.47 bits per heavy atom. The van der Waals surface area contributed by atoms with E-state index >= 15 is 0 Å². The third-order valence-electron chi connectivity index (χ3n) is 2.04. The van der Waals surface area contributed by atoms with Gasteiger partial charge in [-0.2, -0.15) is 0 Å². The van der Waals surface area contributed by atoms with E-state index in [1.807, 2.05) is 6.92 Å². The topological polar surface area (TPSA) is 50.4 Å². The van der Waals surface area contributed by atoms with E-state index in [1.165, 1.54) is 9.75 Å². The van der Waals surface area contributed by atoms with Crippen molar-refractivity contribution in [1.82, 2.24) is 5.32 Å². The Balaban J connectivity index is 0.00000256. The Labute approximate surface area is 124 Å². The van der Waals surface area contributed by atoms with Crippen LogP contribution in [0.25, 0.3) is 0 Å². The molecule has 0 spiro atoms. The number of hydrogen-bond donors (Lipinski definition) is 2. The van der Waals surface area contributed by atoms with Gasteiger partial charge in [0.25, 0.3) is 0 Å². The fraction of sp³-hybridized carbons (Fsp3) is 0.417. The van der Waals surface area contributed by atoms with Crippen LogP contribution < -0.4 is 11.1 Å². The van der Waals surface area contributed by atoms with E-state index < -0.39 is 0 Å². The lowest BCUT2D eigenvalue weighted by Gasteiger charge is -2.03.